The van der Waals surface area contributed by atoms with Crippen LogP contribution in [0.25, 0.3) is 0 Å². The predicted octanol–water partition coefficient (Wildman–Crippen LogP) is 1.10. The summed E-state index contributed by atoms with van der Waals surface area (Å²) in [5.41, 5.74) is -0.448. The zero-order valence-corrected chi connectivity index (χ0v) is 9.40. The number of nitro benzene ring substituents is 1. The number of sulfonamides is 1. The molecule has 16 heavy (non-hydrogen) atoms. The van der Waals surface area contributed by atoms with Crippen molar-refractivity contribution >= 4 is 15.7 Å². The van der Waals surface area contributed by atoms with Crippen LogP contribution < -0.4 is 4.72 Å². The molecule has 0 aliphatic rings. The normalized spacial score (nSPS) is 11.7. The van der Waals surface area contributed by atoms with Gasteiger partial charge in [-0.1, -0.05) is 12.1 Å². The van der Waals surface area contributed by atoms with Crippen LogP contribution in [0.2, 0.25) is 0 Å². The van der Waals surface area contributed by atoms with E-state index in [9.17, 15) is 18.5 Å². The number of nitrogens with zero attached hydrogens (tertiary/aromatic N) is 1. The molecule has 0 aliphatic heterocycles. The molecule has 1 N–H and O–H groups in total. The average Bonchev–Trinajstić information content (AvgIpc) is 2.15. The molecule has 1 aromatic carbocycles. The second-order valence-electron chi connectivity index (χ2n) is 3.25. The highest BCUT2D eigenvalue weighted by Crippen LogP contribution is 2.22. The van der Waals surface area contributed by atoms with Crippen molar-refractivity contribution in [1.29, 1.82) is 0 Å². The molecule has 7 heteroatoms. The van der Waals surface area contributed by atoms with Crippen molar-refractivity contribution in [3.05, 3.63) is 41.3 Å². The van der Waals surface area contributed by atoms with Gasteiger partial charge in [0.2, 0.25) is 10.0 Å². The van der Waals surface area contributed by atoms with Gasteiger partial charge in [-0.05, 0) is 19.9 Å². The third-order valence-corrected chi connectivity index (χ3v) is 3.34. The van der Waals surface area contributed by atoms with Crippen LogP contribution in [0.1, 0.15) is 6.92 Å². The monoisotopic (exact) mass is 243 g/mol. The Bertz CT molecular complexity index is 496. The Kier molecular flexibility index (Phi) is 3.61. The van der Waals surface area contributed by atoms with Gasteiger partial charge in [0.25, 0.3) is 5.69 Å². The van der Waals surface area contributed by atoms with E-state index in [0.717, 1.165) is 6.07 Å². The minimum absolute atomic E-state index is 0.351. The molecule has 1 rings (SSSR count). The van der Waals surface area contributed by atoms with Crippen molar-refractivity contribution in [3.8, 4) is 0 Å². The van der Waals surface area contributed by atoms with E-state index in [1.165, 1.54) is 25.1 Å². The van der Waals surface area contributed by atoms with Crippen LogP contribution in [0.5, 0.6) is 0 Å². The van der Waals surface area contributed by atoms with E-state index in [-0.39, 0.29) is 4.90 Å². The quantitative estimate of drug-likeness (QED) is 0.633. The zero-order valence-electron chi connectivity index (χ0n) is 8.58. The number of nitro groups is 1. The van der Waals surface area contributed by atoms with E-state index >= 15 is 0 Å². The first-order valence-corrected chi connectivity index (χ1v) is 5.92. The number of para-hydroxylation sites is 1. The fourth-order valence-electron chi connectivity index (χ4n) is 1.16. The largest absolute Gasteiger partial charge is 0.289 e. The number of nitrogens with one attached hydrogen (secondary N) is 1. The molecule has 0 spiro atoms. The molecule has 0 unspecified atom stereocenters. The third kappa shape index (κ3) is 2.77. The van der Waals surface area contributed by atoms with Crippen LogP contribution in [-0.4, -0.2) is 19.4 Å². The third-order valence-electron chi connectivity index (χ3n) is 1.71. The van der Waals surface area contributed by atoms with E-state index in [0.29, 0.717) is 0 Å². The Morgan fingerprint density at radius 1 is 1.44 bits per heavy atom. The van der Waals surface area contributed by atoms with Crippen LogP contribution >= 0.6 is 0 Å². The van der Waals surface area contributed by atoms with Crippen molar-refractivity contribution < 1.29 is 13.3 Å². The molecular weight excluding hydrogens is 232 g/mol. The molecule has 0 heterocycles. The van der Waals surface area contributed by atoms with Gasteiger partial charge in [-0.2, -0.15) is 0 Å². The molecule has 0 aliphatic carbocycles. The fraction of sp³-hybridized carbons (Fsp3) is 0.222. The van der Waals surface area contributed by atoms with Crippen LogP contribution in [-0.2, 0) is 10.0 Å². The maximum atomic E-state index is 11.7. The van der Waals surface area contributed by atoms with E-state index < -0.39 is 26.7 Å². The SMILES string of the molecule is [CH2][C@H](C)NS(=O)(=O)c1ccccc1[N+](=O)[O-]. The molecule has 1 radical (unpaired) electrons. The zero-order chi connectivity index (χ0) is 12.3. The number of hydrogen-bond acceptors (Lipinski definition) is 4. The van der Waals surface area contributed by atoms with Gasteiger partial charge in [0.1, 0.15) is 0 Å². The number of benzene rings is 1. The summed E-state index contributed by atoms with van der Waals surface area (Å²) >= 11 is 0. The summed E-state index contributed by atoms with van der Waals surface area (Å²) in [5.74, 6) is 0. The lowest BCUT2D eigenvalue weighted by molar-refractivity contribution is -0.387. The molecule has 0 saturated carbocycles. The summed E-state index contributed by atoms with van der Waals surface area (Å²) in [7, 11) is -3.89. The van der Waals surface area contributed by atoms with Crippen molar-refractivity contribution in [2.24, 2.45) is 0 Å². The lowest BCUT2D eigenvalue weighted by Gasteiger charge is -2.09. The summed E-state index contributed by atoms with van der Waals surface area (Å²) in [5, 5.41) is 10.7. The molecule has 6 nitrogen and oxygen atoms in total. The first-order valence-electron chi connectivity index (χ1n) is 4.43. The second kappa shape index (κ2) is 4.58. The summed E-state index contributed by atoms with van der Waals surface area (Å²) < 4.78 is 25.6. The van der Waals surface area contributed by atoms with Crippen molar-refractivity contribution in [2.75, 3.05) is 0 Å². The van der Waals surface area contributed by atoms with Gasteiger partial charge in [-0.3, -0.25) is 10.1 Å². The van der Waals surface area contributed by atoms with Crippen LogP contribution in [0.3, 0.4) is 0 Å². The molecule has 1 atom stereocenters. The summed E-state index contributed by atoms with van der Waals surface area (Å²) in [6.07, 6.45) is 0. The van der Waals surface area contributed by atoms with Gasteiger partial charge < -0.3 is 0 Å². The molecule has 87 valence electrons. The second-order valence-corrected chi connectivity index (χ2v) is 4.93. The van der Waals surface area contributed by atoms with E-state index in [2.05, 4.69) is 11.6 Å². The van der Waals surface area contributed by atoms with Crippen LogP contribution in [0.4, 0.5) is 5.69 Å². The van der Waals surface area contributed by atoms with Gasteiger partial charge in [-0.15, -0.1) is 0 Å². The van der Waals surface area contributed by atoms with Gasteiger partial charge >= 0.3 is 0 Å². The minimum atomic E-state index is -3.89. The highest BCUT2D eigenvalue weighted by molar-refractivity contribution is 7.89. The summed E-state index contributed by atoms with van der Waals surface area (Å²) in [6, 6.07) is 4.59. The maximum absolute atomic E-state index is 11.7. The fourth-order valence-corrected chi connectivity index (χ4v) is 2.50. The predicted molar refractivity (Wildman–Crippen MR) is 58.2 cm³/mol. The molecule has 0 aromatic heterocycles. The van der Waals surface area contributed by atoms with Crippen LogP contribution in [0.15, 0.2) is 29.2 Å². The van der Waals surface area contributed by atoms with E-state index in [1.807, 2.05) is 0 Å². The molecule has 0 bridgehead atoms. The van der Waals surface area contributed by atoms with Crippen molar-refractivity contribution in [3.63, 3.8) is 0 Å². The maximum Gasteiger partial charge on any atom is 0.289 e. The van der Waals surface area contributed by atoms with Gasteiger partial charge in [0.05, 0.1) is 4.92 Å². The first-order chi connectivity index (χ1) is 7.34. The van der Waals surface area contributed by atoms with Gasteiger partial charge in [-0.25, -0.2) is 13.1 Å². The van der Waals surface area contributed by atoms with Crippen molar-refractivity contribution in [2.45, 2.75) is 17.9 Å². The van der Waals surface area contributed by atoms with Crippen LogP contribution in [0, 0.1) is 17.0 Å². The lowest BCUT2D eigenvalue weighted by Crippen LogP contribution is -2.30. The van der Waals surface area contributed by atoms with Gasteiger partial charge in [0.15, 0.2) is 4.90 Å². The Hall–Kier alpha value is -1.47. The average molecular weight is 243 g/mol. The molecule has 0 saturated heterocycles. The molecule has 1 aromatic rings. The summed E-state index contributed by atoms with van der Waals surface area (Å²) in [4.78, 5) is 9.57. The summed E-state index contributed by atoms with van der Waals surface area (Å²) in [6.45, 7) is 5.00. The highest BCUT2D eigenvalue weighted by atomic mass is 32.2. The Balaban J connectivity index is 3.28. The Labute approximate surface area is 93.5 Å². The number of rotatable bonds is 4. The van der Waals surface area contributed by atoms with E-state index in [1.54, 1.807) is 0 Å². The van der Waals surface area contributed by atoms with E-state index in [4.69, 9.17) is 0 Å². The highest BCUT2D eigenvalue weighted by Gasteiger charge is 2.25. The smallest absolute Gasteiger partial charge is 0.258 e. The molecular formula is C9H11N2O4S. The molecule has 0 amide bonds. The van der Waals surface area contributed by atoms with Gasteiger partial charge in [0, 0.05) is 12.1 Å². The standard InChI is InChI=1S/C9H11N2O4S/c1-7(2)10-16(14,15)9-6-4-3-5-8(9)11(12)13/h3-7,10H,1H2,2H3/t7-/m1/s1. The van der Waals surface area contributed by atoms with Crippen molar-refractivity contribution in [1.82, 2.24) is 4.72 Å². The topological polar surface area (TPSA) is 89.3 Å². The first kappa shape index (κ1) is 12.6. The minimum Gasteiger partial charge on any atom is -0.258 e. The Morgan fingerprint density at radius 3 is 2.50 bits per heavy atom. The Morgan fingerprint density at radius 2 is 2.00 bits per heavy atom. The number of hydrogen-bond donors (Lipinski definition) is 1. The molecule has 0 fully saturated rings. The lowest BCUT2D eigenvalue weighted by atomic mass is 10.3.